The third kappa shape index (κ3) is 6.43. The number of methoxy groups -OCH3 is 1. The van der Waals surface area contributed by atoms with Crippen molar-refractivity contribution in [2.24, 2.45) is 0 Å². The van der Waals surface area contributed by atoms with Gasteiger partial charge >= 0.3 is 0 Å². The highest BCUT2D eigenvalue weighted by molar-refractivity contribution is 5.93. The molecule has 0 amide bonds. The Morgan fingerprint density at radius 1 is 0.788 bits per heavy atom. The fourth-order valence-corrected chi connectivity index (χ4v) is 3.71. The molecular formula is C27H31N5O. The maximum absolute atomic E-state index is 5.28. The lowest BCUT2D eigenvalue weighted by Crippen LogP contribution is -2.21. The molecule has 4 aromatic rings. The van der Waals surface area contributed by atoms with Gasteiger partial charge in [-0.2, -0.15) is 0 Å². The van der Waals surface area contributed by atoms with Gasteiger partial charge in [0.15, 0.2) is 0 Å². The van der Waals surface area contributed by atoms with Crippen molar-refractivity contribution in [2.75, 3.05) is 43.9 Å². The molecule has 0 aliphatic heterocycles. The van der Waals surface area contributed by atoms with Gasteiger partial charge in [0.05, 0.1) is 18.3 Å². The van der Waals surface area contributed by atoms with Crippen molar-refractivity contribution in [1.29, 1.82) is 0 Å². The Bertz CT molecular complexity index is 1130. The molecule has 2 aromatic carbocycles. The van der Waals surface area contributed by atoms with Crippen molar-refractivity contribution in [3.63, 3.8) is 0 Å². The highest BCUT2D eigenvalue weighted by Crippen LogP contribution is 2.29. The van der Waals surface area contributed by atoms with Crippen molar-refractivity contribution in [2.45, 2.75) is 12.8 Å². The van der Waals surface area contributed by atoms with E-state index in [0.29, 0.717) is 0 Å². The van der Waals surface area contributed by atoms with Crippen molar-refractivity contribution in [3.05, 3.63) is 79.1 Å². The predicted molar refractivity (Wildman–Crippen MR) is 137 cm³/mol. The van der Waals surface area contributed by atoms with E-state index in [0.717, 1.165) is 78.3 Å². The zero-order valence-electron chi connectivity index (χ0n) is 19.1. The summed E-state index contributed by atoms with van der Waals surface area (Å²) in [6.07, 6.45) is 5.74. The van der Waals surface area contributed by atoms with Crippen LogP contribution in [0.15, 0.2) is 79.1 Å². The number of hydrogen-bond donors (Lipinski definition) is 3. The second-order valence-corrected chi connectivity index (χ2v) is 7.85. The van der Waals surface area contributed by atoms with E-state index in [-0.39, 0.29) is 0 Å². The van der Waals surface area contributed by atoms with Crippen molar-refractivity contribution in [3.8, 4) is 17.0 Å². The Balaban J connectivity index is 1.26. The summed E-state index contributed by atoms with van der Waals surface area (Å²) in [7, 11) is 1.68. The van der Waals surface area contributed by atoms with Crippen LogP contribution in [0, 0.1) is 0 Å². The lowest BCUT2D eigenvalue weighted by atomic mass is 10.1. The van der Waals surface area contributed by atoms with Crippen molar-refractivity contribution >= 4 is 22.3 Å². The summed E-state index contributed by atoms with van der Waals surface area (Å²) in [6.45, 7) is 3.83. The first-order valence-electron chi connectivity index (χ1n) is 11.5. The Labute approximate surface area is 195 Å². The molecule has 3 N–H and O–H groups in total. The van der Waals surface area contributed by atoms with E-state index in [1.54, 1.807) is 19.5 Å². The monoisotopic (exact) mass is 441 g/mol. The average Bonchev–Trinajstić information content (AvgIpc) is 2.88. The number of fused-ring (bicyclic) bond motifs is 1. The number of ether oxygens (including phenoxy) is 1. The minimum Gasteiger partial charge on any atom is -0.497 e. The Kier molecular flexibility index (Phi) is 8.08. The summed E-state index contributed by atoms with van der Waals surface area (Å²) in [5.74, 6) is 0.846. The predicted octanol–water partition coefficient (Wildman–Crippen LogP) is 5.20. The topological polar surface area (TPSA) is 71.1 Å². The third-order valence-corrected chi connectivity index (χ3v) is 5.49. The summed E-state index contributed by atoms with van der Waals surface area (Å²) in [6, 6.07) is 22.4. The number of para-hydroxylation sites is 1. The molecule has 170 valence electrons. The van der Waals surface area contributed by atoms with Crippen molar-refractivity contribution in [1.82, 2.24) is 15.3 Å². The first-order valence-corrected chi connectivity index (χ1v) is 11.5. The van der Waals surface area contributed by atoms with Crippen LogP contribution in [0.2, 0.25) is 0 Å². The number of nitrogens with zero attached hydrogens (tertiary/aromatic N) is 2. The van der Waals surface area contributed by atoms with E-state index in [1.165, 1.54) is 0 Å². The van der Waals surface area contributed by atoms with Crippen LogP contribution in [0.3, 0.4) is 0 Å². The quantitative estimate of drug-likeness (QED) is 0.263. The fraction of sp³-hybridized carbons (Fsp3) is 0.259. The maximum Gasteiger partial charge on any atom is 0.118 e. The Hall–Kier alpha value is -3.64. The second kappa shape index (κ2) is 11.8. The zero-order valence-corrected chi connectivity index (χ0v) is 19.1. The van der Waals surface area contributed by atoms with Crippen molar-refractivity contribution < 1.29 is 4.74 Å². The van der Waals surface area contributed by atoms with E-state index in [2.05, 4.69) is 45.2 Å². The average molecular weight is 442 g/mol. The Morgan fingerprint density at radius 2 is 1.52 bits per heavy atom. The molecule has 0 fully saturated rings. The van der Waals surface area contributed by atoms with Gasteiger partial charge in [-0.15, -0.1) is 0 Å². The molecule has 0 radical (unpaired) electrons. The van der Waals surface area contributed by atoms with E-state index in [9.17, 15) is 0 Å². The molecule has 4 rings (SSSR count). The smallest absolute Gasteiger partial charge is 0.118 e. The van der Waals surface area contributed by atoms with Gasteiger partial charge in [-0.05, 0) is 74.5 Å². The number of anilines is 2. The molecule has 2 aromatic heterocycles. The first-order chi connectivity index (χ1) is 16.3. The van der Waals surface area contributed by atoms with Crippen LogP contribution >= 0.6 is 0 Å². The van der Waals surface area contributed by atoms with Crippen LogP contribution in [0.25, 0.3) is 22.2 Å². The molecule has 6 heteroatoms. The molecule has 2 heterocycles. The molecule has 0 bridgehead atoms. The molecule has 0 saturated heterocycles. The SMILES string of the molecule is COc1ccc(-c2cc(NCCCNCCCNc3ccncc3)c3ccccc3n2)cc1. The summed E-state index contributed by atoms with van der Waals surface area (Å²) < 4.78 is 5.28. The lowest BCUT2D eigenvalue weighted by Gasteiger charge is -2.13. The largest absolute Gasteiger partial charge is 0.497 e. The van der Waals surface area contributed by atoms with Gasteiger partial charge < -0.3 is 20.7 Å². The number of aromatic nitrogens is 2. The minimum atomic E-state index is 0.846. The van der Waals surface area contributed by atoms with E-state index >= 15 is 0 Å². The van der Waals surface area contributed by atoms with Gasteiger partial charge in [-0.3, -0.25) is 4.98 Å². The van der Waals surface area contributed by atoms with Gasteiger partial charge in [0, 0.05) is 47.8 Å². The van der Waals surface area contributed by atoms with Crippen LogP contribution in [0.1, 0.15) is 12.8 Å². The molecule has 0 aliphatic carbocycles. The number of hydrogen-bond acceptors (Lipinski definition) is 6. The molecule has 0 aliphatic rings. The molecule has 33 heavy (non-hydrogen) atoms. The number of nitrogens with one attached hydrogen (secondary N) is 3. The lowest BCUT2D eigenvalue weighted by molar-refractivity contribution is 0.415. The van der Waals surface area contributed by atoms with Gasteiger partial charge in [0.2, 0.25) is 0 Å². The summed E-state index contributed by atoms with van der Waals surface area (Å²) in [5, 5.41) is 11.7. The molecule has 0 saturated carbocycles. The highest BCUT2D eigenvalue weighted by Gasteiger charge is 2.07. The number of rotatable bonds is 12. The highest BCUT2D eigenvalue weighted by atomic mass is 16.5. The van der Waals surface area contributed by atoms with E-state index in [4.69, 9.17) is 9.72 Å². The van der Waals surface area contributed by atoms with Gasteiger partial charge in [0.25, 0.3) is 0 Å². The van der Waals surface area contributed by atoms with Gasteiger partial charge in [-0.25, -0.2) is 4.98 Å². The molecule has 0 unspecified atom stereocenters. The van der Waals surface area contributed by atoms with Gasteiger partial charge in [0.1, 0.15) is 5.75 Å². The summed E-state index contributed by atoms with van der Waals surface area (Å²) in [4.78, 5) is 8.90. The van der Waals surface area contributed by atoms with E-state index < -0.39 is 0 Å². The molecule has 6 nitrogen and oxygen atoms in total. The normalized spacial score (nSPS) is 10.8. The second-order valence-electron chi connectivity index (χ2n) is 7.85. The minimum absolute atomic E-state index is 0.846. The third-order valence-electron chi connectivity index (χ3n) is 5.49. The summed E-state index contributed by atoms with van der Waals surface area (Å²) >= 11 is 0. The summed E-state index contributed by atoms with van der Waals surface area (Å²) in [5.41, 5.74) is 5.26. The van der Waals surface area contributed by atoms with Crippen LogP contribution in [-0.2, 0) is 0 Å². The van der Waals surface area contributed by atoms with Crippen LogP contribution in [0.4, 0.5) is 11.4 Å². The molecular weight excluding hydrogens is 410 g/mol. The van der Waals surface area contributed by atoms with Crippen LogP contribution in [0.5, 0.6) is 5.75 Å². The first kappa shape index (κ1) is 22.6. The van der Waals surface area contributed by atoms with Crippen LogP contribution in [-0.4, -0.2) is 43.3 Å². The Morgan fingerprint density at radius 3 is 2.27 bits per heavy atom. The molecule has 0 spiro atoms. The maximum atomic E-state index is 5.28. The number of pyridine rings is 2. The van der Waals surface area contributed by atoms with Gasteiger partial charge in [-0.1, -0.05) is 18.2 Å². The molecule has 0 atom stereocenters. The number of benzene rings is 2. The fourth-order valence-electron chi connectivity index (χ4n) is 3.71. The zero-order chi connectivity index (χ0) is 22.7. The van der Waals surface area contributed by atoms with Crippen LogP contribution < -0.4 is 20.7 Å². The standard InChI is InChI=1S/C27H31N5O/c1-33-23-10-8-21(9-11-23)26-20-27(24-6-2-3-7-25(24)32-26)31-17-5-15-28-14-4-16-30-22-12-18-29-19-13-22/h2-3,6-13,18-20,28H,4-5,14-17H2,1H3,(H,29,30)(H,31,32). The van der Waals surface area contributed by atoms with E-state index in [1.807, 2.05) is 42.5 Å².